The molecule has 1 unspecified atom stereocenters. The van der Waals surface area contributed by atoms with Gasteiger partial charge in [-0.1, -0.05) is 35.9 Å². The first-order valence-corrected chi connectivity index (χ1v) is 6.99. The lowest BCUT2D eigenvalue weighted by molar-refractivity contribution is 0.0359. The van der Waals surface area contributed by atoms with Crippen LogP contribution in [0.1, 0.15) is 18.2 Å². The second-order valence-corrected chi connectivity index (χ2v) is 5.78. The lowest BCUT2D eigenvalue weighted by Crippen LogP contribution is -2.23. The fourth-order valence-corrected chi connectivity index (χ4v) is 2.51. The third-order valence-electron chi connectivity index (χ3n) is 3.49. The van der Waals surface area contributed by atoms with Crippen LogP contribution in [0.5, 0.6) is 0 Å². The molecular formula is C17H14ClFO2. The van der Waals surface area contributed by atoms with Gasteiger partial charge in [0.15, 0.2) is 11.4 Å². The maximum absolute atomic E-state index is 13.7. The number of hydrogen-bond donors (Lipinski definition) is 1. The molecule has 3 rings (SSSR count). The van der Waals surface area contributed by atoms with Gasteiger partial charge in [0.1, 0.15) is 11.4 Å². The third kappa shape index (κ3) is 2.80. The van der Waals surface area contributed by atoms with E-state index in [1.807, 2.05) is 12.1 Å². The zero-order valence-corrected chi connectivity index (χ0v) is 12.2. The number of rotatable bonds is 3. The molecule has 0 bridgehead atoms. The quantitative estimate of drug-likeness (QED) is 0.762. The summed E-state index contributed by atoms with van der Waals surface area (Å²) in [6.07, 6.45) is 0.353. The van der Waals surface area contributed by atoms with Crippen molar-refractivity contribution in [2.45, 2.75) is 18.9 Å². The van der Waals surface area contributed by atoms with E-state index in [0.717, 1.165) is 5.56 Å². The van der Waals surface area contributed by atoms with Crippen LogP contribution in [0.25, 0.3) is 11.0 Å². The summed E-state index contributed by atoms with van der Waals surface area (Å²) in [5, 5.41) is 11.9. The maximum Gasteiger partial charge on any atom is 0.170 e. The predicted octanol–water partition coefficient (Wildman–Crippen LogP) is 4.68. The first kappa shape index (κ1) is 14.1. The van der Waals surface area contributed by atoms with Crippen molar-refractivity contribution in [3.8, 4) is 0 Å². The SMILES string of the molecule is CC(O)(Cc1ccc(Cl)cc1)c1cc2cccc(F)c2o1. The molecule has 21 heavy (non-hydrogen) atoms. The monoisotopic (exact) mass is 304 g/mol. The molecule has 1 N–H and O–H groups in total. The minimum atomic E-state index is -1.22. The van der Waals surface area contributed by atoms with E-state index in [1.54, 1.807) is 37.3 Å². The van der Waals surface area contributed by atoms with Crippen LogP contribution in [0, 0.1) is 5.82 Å². The third-order valence-corrected chi connectivity index (χ3v) is 3.74. The number of benzene rings is 2. The molecule has 1 aromatic heterocycles. The fourth-order valence-electron chi connectivity index (χ4n) is 2.38. The highest BCUT2D eigenvalue weighted by atomic mass is 35.5. The second-order valence-electron chi connectivity index (χ2n) is 5.35. The van der Waals surface area contributed by atoms with Gasteiger partial charge >= 0.3 is 0 Å². The smallest absolute Gasteiger partial charge is 0.170 e. The number of halogens is 2. The second kappa shape index (κ2) is 5.17. The number of hydrogen-bond acceptors (Lipinski definition) is 2. The Morgan fingerprint density at radius 1 is 1.19 bits per heavy atom. The zero-order valence-electron chi connectivity index (χ0n) is 11.4. The van der Waals surface area contributed by atoms with Crippen molar-refractivity contribution in [2.75, 3.05) is 0 Å². The van der Waals surface area contributed by atoms with E-state index in [1.165, 1.54) is 6.07 Å². The summed E-state index contributed by atoms with van der Waals surface area (Å²) in [5.74, 6) is -0.0846. The summed E-state index contributed by atoms with van der Waals surface area (Å²) >= 11 is 5.85. The van der Waals surface area contributed by atoms with E-state index in [9.17, 15) is 9.50 Å². The van der Waals surface area contributed by atoms with Crippen molar-refractivity contribution in [3.63, 3.8) is 0 Å². The van der Waals surface area contributed by atoms with Crippen molar-refractivity contribution in [1.29, 1.82) is 0 Å². The number of para-hydroxylation sites is 1. The first-order chi connectivity index (χ1) is 9.95. The Morgan fingerprint density at radius 3 is 2.57 bits per heavy atom. The lowest BCUT2D eigenvalue weighted by Gasteiger charge is -2.20. The van der Waals surface area contributed by atoms with Crippen molar-refractivity contribution in [1.82, 2.24) is 0 Å². The molecule has 0 fully saturated rings. The lowest BCUT2D eigenvalue weighted by atomic mass is 9.94. The van der Waals surface area contributed by atoms with E-state index in [2.05, 4.69) is 0 Å². The summed E-state index contributed by atoms with van der Waals surface area (Å²) in [6.45, 7) is 1.65. The highest BCUT2D eigenvalue weighted by Crippen LogP contribution is 2.32. The number of furan rings is 1. The largest absolute Gasteiger partial charge is 0.455 e. The van der Waals surface area contributed by atoms with Gasteiger partial charge in [0.2, 0.25) is 0 Å². The Labute approximate surface area is 126 Å². The number of fused-ring (bicyclic) bond motifs is 1. The van der Waals surface area contributed by atoms with Crippen molar-refractivity contribution in [2.24, 2.45) is 0 Å². The van der Waals surface area contributed by atoms with Crippen LogP contribution in [0.2, 0.25) is 5.02 Å². The van der Waals surface area contributed by atoms with Gasteiger partial charge in [-0.05, 0) is 36.8 Å². The van der Waals surface area contributed by atoms with Crippen molar-refractivity contribution < 1.29 is 13.9 Å². The minimum absolute atomic E-state index is 0.170. The molecule has 0 saturated carbocycles. The Hall–Kier alpha value is -1.84. The summed E-state index contributed by atoms with van der Waals surface area (Å²) in [7, 11) is 0. The molecule has 0 amide bonds. The molecule has 0 aliphatic heterocycles. The molecule has 0 aliphatic rings. The topological polar surface area (TPSA) is 33.4 Å². The minimum Gasteiger partial charge on any atom is -0.455 e. The summed E-state index contributed by atoms with van der Waals surface area (Å²) in [5.41, 5.74) is -0.131. The van der Waals surface area contributed by atoms with E-state index in [4.69, 9.17) is 16.0 Å². The van der Waals surface area contributed by atoms with Gasteiger partial charge < -0.3 is 9.52 Å². The molecule has 3 aromatic rings. The maximum atomic E-state index is 13.7. The average Bonchev–Trinajstić information content (AvgIpc) is 2.88. The summed E-state index contributed by atoms with van der Waals surface area (Å²) in [6, 6.07) is 13.6. The molecule has 108 valence electrons. The van der Waals surface area contributed by atoms with Gasteiger partial charge in [0.05, 0.1) is 0 Å². The standard InChI is InChI=1S/C17H14ClFO2/c1-17(20,10-11-5-7-13(18)8-6-11)15-9-12-3-2-4-14(19)16(12)21-15/h2-9,20H,10H2,1H3. The molecule has 4 heteroatoms. The van der Waals surface area contributed by atoms with Crippen molar-refractivity contribution in [3.05, 3.63) is 70.7 Å². The molecule has 0 saturated heterocycles. The van der Waals surface area contributed by atoms with Crippen LogP contribution in [0.15, 0.2) is 52.9 Å². The normalized spacial score (nSPS) is 14.3. The Bertz CT molecular complexity index is 775. The van der Waals surface area contributed by atoms with Gasteiger partial charge in [-0.25, -0.2) is 4.39 Å². The van der Waals surface area contributed by atoms with Gasteiger partial charge in [-0.15, -0.1) is 0 Å². The molecule has 2 aromatic carbocycles. The molecule has 1 atom stereocenters. The van der Waals surface area contributed by atoms with Gasteiger partial charge in [0.25, 0.3) is 0 Å². The van der Waals surface area contributed by atoms with Crippen LogP contribution < -0.4 is 0 Å². The molecular weight excluding hydrogens is 291 g/mol. The van der Waals surface area contributed by atoms with Crippen LogP contribution in [0.3, 0.4) is 0 Å². The first-order valence-electron chi connectivity index (χ1n) is 6.61. The molecule has 0 radical (unpaired) electrons. The molecule has 0 aliphatic carbocycles. The molecule has 0 spiro atoms. The zero-order chi connectivity index (χ0) is 15.0. The Morgan fingerprint density at radius 2 is 1.90 bits per heavy atom. The molecule has 2 nitrogen and oxygen atoms in total. The highest BCUT2D eigenvalue weighted by molar-refractivity contribution is 6.30. The molecule has 1 heterocycles. The van der Waals surface area contributed by atoms with E-state index < -0.39 is 11.4 Å². The van der Waals surface area contributed by atoms with Gasteiger partial charge in [0, 0.05) is 16.8 Å². The highest BCUT2D eigenvalue weighted by Gasteiger charge is 2.28. The van der Waals surface area contributed by atoms with Crippen LogP contribution in [-0.4, -0.2) is 5.11 Å². The fraction of sp³-hybridized carbons (Fsp3) is 0.176. The van der Waals surface area contributed by atoms with E-state index in [0.29, 0.717) is 22.6 Å². The van der Waals surface area contributed by atoms with Crippen LogP contribution in [0.4, 0.5) is 4.39 Å². The van der Waals surface area contributed by atoms with E-state index >= 15 is 0 Å². The van der Waals surface area contributed by atoms with Gasteiger partial charge in [-0.3, -0.25) is 0 Å². The van der Waals surface area contributed by atoms with Crippen LogP contribution >= 0.6 is 11.6 Å². The number of aliphatic hydroxyl groups is 1. The average molecular weight is 305 g/mol. The Balaban J connectivity index is 1.95. The van der Waals surface area contributed by atoms with E-state index in [-0.39, 0.29) is 5.58 Å². The summed E-state index contributed by atoms with van der Waals surface area (Å²) < 4.78 is 19.2. The summed E-state index contributed by atoms with van der Waals surface area (Å²) in [4.78, 5) is 0. The predicted molar refractivity (Wildman–Crippen MR) is 80.9 cm³/mol. The van der Waals surface area contributed by atoms with Crippen molar-refractivity contribution >= 4 is 22.6 Å². The van der Waals surface area contributed by atoms with Gasteiger partial charge in [-0.2, -0.15) is 0 Å². The van der Waals surface area contributed by atoms with Crippen LogP contribution in [-0.2, 0) is 12.0 Å². The Kier molecular flexibility index (Phi) is 3.47.